The third-order valence-corrected chi connectivity index (χ3v) is 4.12. The Kier molecular flexibility index (Phi) is 6.36. The molecule has 1 heterocycles. The average molecular weight is 312 g/mol. The van der Waals surface area contributed by atoms with Crippen LogP contribution in [0, 0.1) is 0 Å². The minimum absolute atomic E-state index is 0.553. The smallest absolute Gasteiger partial charge is 0.180 e. The highest BCUT2D eigenvalue weighted by Gasteiger charge is 2.07. The topological polar surface area (TPSA) is 60.0 Å². The predicted octanol–water partition coefficient (Wildman–Crippen LogP) is 3.44. The van der Waals surface area contributed by atoms with Crippen molar-refractivity contribution >= 4 is 34.2 Å². The Morgan fingerprint density at radius 1 is 1.25 bits per heavy atom. The molecule has 2 N–H and O–H groups in total. The zero-order valence-electron chi connectivity index (χ0n) is 11.2. The second kappa shape index (κ2) is 8.29. The fourth-order valence-corrected chi connectivity index (χ4v) is 2.59. The number of hydrogen-bond donors (Lipinski definition) is 1. The Morgan fingerprint density at radius 2 is 2.10 bits per heavy atom. The summed E-state index contributed by atoms with van der Waals surface area (Å²) >= 11 is 7.60. The highest BCUT2D eigenvalue weighted by Crippen LogP contribution is 2.16. The summed E-state index contributed by atoms with van der Waals surface area (Å²) in [6, 6.07) is 7.75. The monoisotopic (exact) mass is 311 g/mol. The Bertz CT molecular complexity index is 505. The molecule has 108 valence electrons. The zero-order chi connectivity index (χ0) is 14.2. The summed E-state index contributed by atoms with van der Waals surface area (Å²) in [4.78, 5) is 0. The van der Waals surface area contributed by atoms with Crippen LogP contribution in [0.25, 0.3) is 0 Å². The molecule has 0 spiro atoms. The molecular weight excluding hydrogens is 294 g/mol. The number of nitrogens with zero attached hydrogens (tertiary/aromatic N) is 2. The van der Waals surface area contributed by atoms with Gasteiger partial charge in [0.2, 0.25) is 0 Å². The van der Waals surface area contributed by atoms with Crippen LogP contribution < -0.4 is 5.73 Å². The maximum absolute atomic E-state index is 6.06. The van der Waals surface area contributed by atoms with Crippen molar-refractivity contribution in [3.05, 3.63) is 34.9 Å². The summed E-state index contributed by atoms with van der Waals surface area (Å²) in [5, 5.41) is 9.28. The maximum Gasteiger partial charge on any atom is 0.180 e. The Balaban J connectivity index is 1.57. The van der Waals surface area contributed by atoms with Crippen LogP contribution in [0.5, 0.6) is 0 Å². The van der Waals surface area contributed by atoms with Crippen LogP contribution in [0.2, 0.25) is 5.02 Å². The van der Waals surface area contributed by atoms with Crippen molar-refractivity contribution in [3.63, 3.8) is 0 Å². The molecule has 0 amide bonds. The van der Waals surface area contributed by atoms with E-state index in [4.69, 9.17) is 22.1 Å². The number of unbranched alkanes of at least 4 members (excludes halogenated alkanes) is 1. The molecule has 1 aliphatic rings. The van der Waals surface area contributed by atoms with Crippen molar-refractivity contribution in [1.82, 2.24) is 0 Å². The fraction of sp³-hybridized carbons (Fsp3) is 0.429. The van der Waals surface area contributed by atoms with E-state index in [9.17, 15) is 0 Å². The minimum atomic E-state index is 0.553. The predicted molar refractivity (Wildman–Crippen MR) is 86.5 cm³/mol. The Labute approximate surface area is 128 Å². The van der Waals surface area contributed by atoms with Crippen molar-refractivity contribution in [2.24, 2.45) is 15.9 Å². The molecule has 0 bridgehead atoms. The van der Waals surface area contributed by atoms with Crippen LogP contribution in [0.4, 0.5) is 0 Å². The van der Waals surface area contributed by atoms with Gasteiger partial charge in [-0.05, 0) is 30.9 Å². The molecule has 4 nitrogen and oxygen atoms in total. The first-order chi connectivity index (χ1) is 9.75. The lowest BCUT2D eigenvalue weighted by atomic mass is 10.2. The Morgan fingerprint density at radius 3 is 2.85 bits per heavy atom. The van der Waals surface area contributed by atoms with Crippen LogP contribution in [-0.2, 0) is 11.3 Å². The normalized spacial score (nSPS) is 14.8. The second-order valence-corrected chi connectivity index (χ2v) is 5.90. The second-order valence-electron chi connectivity index (χ2n) is 4.49. The number of halogens is 1. The molecule has 2 rings (SSSR count). The molecule has 0 radical (unpaired) electrons. The van der Waals surface area contributed by atoms with Gasteiger partial charge < -0.3 is 10.5 Å². The summed E-state index contributed by atoms with van der Waals surface area (Å²) in [6.45, 7) is 1.30. The van der Waals surface area contributed by atoms with Gasteiger partial charge in [-0.1, -0.05) is 41.6 Å². The van der Waals surface area contributed by atoms with Crippen molar-refractivity contribution in [1.29, 1.82) is 0 Å². The summed E-state index contributed by atoms with van der Waals surface area (Å²) in [5.41, 5.74) is 7.67. The molecule has 1 aliphatic heterocycles. The lowest BCUT2D eigenvalue weighted by Gasteiger charge is -2.09. The number of hydrogen-bond acceptors (Lipinski definition) is 5. The molecule has 6 heteroatoms. The lowest BCUT2D eigenvalue weighted by Crippen LogP contribution is -2.15. The van der Waals surface area contributed by atoms with Crippen molar-refractivity contribution in [2.75, 3.05) is 12.4 Å². The van der Waals surface area contributed by atoms with Crippen molar-refractivity contribution < 1.29 is 4.74 Å². The van der Waals surface area contributed by atoms with Gasteiger partial charge in [-0.15, -0.1) is 5.10 Å². The molecule has 0 aromatic heterocycles. The highest BCUT2D eigenvalue weighted by atomic mass is 35.5. The molecular formula is C14H18ClN3OS. The summed E-state index contributed by atoms with van der Waals surface area (Å²) in [5.74, 6) is 0.857. The number of nitrogens with two attached hydrogens (primary N) is 1. The first-order valence-corrected chi connectivity index (χ1v) is 7.95. The van der Waals surface area contributed by atoms with E-state index < -0.39 is 0 Å². The standard InChI is InChI=1S/C14H18ClN3OS/c15-13-7-2-1-5-11(13)9-19-8-4-3-6-12-10-20-14(16)18-17-12/h1-2,5,7H,3-4,6,8-10H2,(H2,16,18). The Hall–Kier alpha value is -1.04. The van der Waals surface area contributed by atoms with Gasteiger partial charge in [0, 0.05) is 17.4 Å². The van der Waals surface area contributed by atoms with Gasteiger partial charge in [-0.3, -0.25) is 0 Å². The molecule has 1 aromatic carbocycles. The van der Waals surface area contributed by atoms with E-state index in [-0.39, 0.29) is 0 Å². The number of amidine groups is 1. The van der Waals surface area contributed by atoms with E-state index in [0.717, 1.165) is 47.9 Å². The van der Waals surface area contributed by atoms with Gasteiger partial charge in [0.25, 0.3) is 0 Å². The molecule has 0 saturated heterocycles. The van der Waals surface area contributed by atoms with E-state index in [1.807, 2.05) is 24.3 Å². The summed E-state index contributed by atoms with van der Waals surface area (Å²) in [7, 11) is 0. The molecule has 0 fully saturated rings. The van der Waals surface area contributed by atoms with Gasteiger partial charge in [0.1, 0.15) is 0 Å². The zero-order valence-corrected chi connectivity index (χ0v) is 12.8. The number of rotatable bonds is 7. The molecule has 0 unspecified atom stereocenters. The van der Waals surface area contributed by atoms with Crippen molar-refractivity contribution in [3.8, 4) is 0 Å². The highest BCUT2D eigenvalue weighted by molar-refractivity contribution is 8.14. The first-order valence-electron chi connectivity index (χ1n) is 6.58. The maximum atomic E-state index is 6.06. The van der Waals surface area contributed by atoms with Gasteiger partial charge >= 0.3 is 0 Å². The van der Waals surface area contributed by atoms with E-state index in [1.165, 1.54) is 0 Å². The van der Waals surface area contributed by atoms with E-state index in [0.29, 0.717) is 11.8 Å². The third-order valence-electron chi connectivity index (χ3n) is 2.90. The molecule has 0 atom stereocenters. The summed E-state index contributed by atoms with van der Waals surface area (Å²) in [6.07, 6.45) is 3.02. The SMILES string of the molecule is NC1=NN=C(CCCCOCc2ccccc2Cl)CS1. The fourth-order valence-electron chi connectivity index (χ4n) is 1.79. The lowest BCUT2D eigenvalue weighted by molar-refractivity contribution is 0.117. The van der Waals surface area contributed by atoms with Crippen LogP contribution in [0.1, 0.15) is 24.8 Å². The largest absolute Gasteiger partial charge is 0.377 e. The van der Waals surface area contributed by atoms with Gasteiger partial charge in [-0.2, -0.15) is 5.10 Å². The van der Waals surface area contributed by atoms with Crippen LogP contribution >= 0.6 is 23.4 Å². The quantitative estimate of drug-likeness (QED) is 0.785. The molecule has 0 saturated carbocycles. The van der Waals surface area contributed by atoms with Crippen LogP contribution in [-0.4, -0.2) is 23.2 Å². The van der Waals surface area contributed by atoms with E-state index >= 15 is 0 Å². The van der Waals surface area contributed by atoms with Crippen LogP contribution in [0.15, 0.2) is 34.5 Å². The van der Waals surface area contributed by atoms with E-state index in [1.54, 1.807) is 11.8 Å². The third kappa shape index (κ3) is 5.15. The van der Waals surface area contributed by atoms with Crippen molar-refractivity contribution in [2.45, 2.75) is 25.9 Å². The molecule has 20 heavy (non-hydrogen) atoms. The van der Waals surface area contributed by atoms with Crippen LogP contribution in [0.3, 0.4) is 0 Å². The first kappa shape index (κ1) is 15.4. The van der Waals surface area contributed by atoms with Gasteiger partial charge in [0.05, 0.1) is 12.3 Å². The number of benzene rings is 1. The minimum Gasteiger partial charge on any atom is -0.377 e. The van der Waals surface area contributed by atoms with E-state index in [2.05, 4.69) is 10.2 Å². The number of ether oxygens (including phenoxy) is 1. The number of thioether (sulfide) groups is 1. The molecule has 1 aromatic rings. The molecule has 0 aliphatic carbocycles. The van der Waals surface area contributed by atoms with Gasteiger partial charge in [-0.25, -0.2) is 0 Å². The van der Waals surface area contributed by atoms with Gasteiger partial charge in [0.15, 0.2) is 5.17 Å². The average Bonchev–Trinajstić information content (AvgIpc) is 2.46. The summed E-state index contributed by atoms with van der Waals surface area (Å²) < 4.78 is 5.63.